The quantitative estimate of drug-likeness (QED) is 0.566. The van der Waals surface area contributed by atoms with E-state index in [0.29, 0.717) is 22.6 Å². The molecule has 0 spiro atoms. The number of hydrogen-bond acceptors (Lipinski definition) is 6. The van der Waals surface area contributed by atoms with E-state index in [1.807, 2.05) is 24.3 Å². The van der Waals surface area contributed by atoms with Crippen LogP contribution in [0.25, 0.3) is 28.2 Å². The van der Waals surface area contributed by atoms with Gasteiger partial charge in [0, 0.05) is 30.2 Å². The van der Waals surface area contributed by atoms with Gasteiger partial charge in [-0.1, -0.05) is 0 Å². The fourth-order valence-electron chi connectivity index (χ4n) is 2.66. The van der Waals surface area contributed by atoms with Gasteiger partial charge in [-0.3, -0.25) is 9.38 Å². The third-order valence-electron chi connectivity index (χ3n) is 3.85. The summed E-state index contributed by atoms with van der Waals surface area (Å²) in [6.07, 6.45) is 5.26. The molecule has 0 radical (unpaired) electrons. The zero-order valence-corrected chi connectivity index (χ0v) is 13.0. The molecule has 0 bridgehead atoms. The number of aromatic nitrogens is 6. The standard InChI is InChI=1S/C16H14N6O/c1-9-4-6-17-8-11(9)15-19-10(2)14-21-20-13-12(23-3)5-7-18-16(13)22(14)15/h4-8H,1-3H3. The summed E-state index contributed by atoms with van der Waals surface area (Å²) in [6.45, 7) is 3.93. The number of nitrogens with zero attached hydrogens (tertiary/aromatic N) is 6. The van der Waals surface area contributed by atoms with E-state index in [9.17, 15) is 0 Å². The molecule has 4 aromatic rings. The predicted octanol–water partition coefficient (Wildman–Crippen LogP) is 2.36. The lowest BCUT2D eigenvalue weighted by Crippen LogP contribution is -2.01. The number of fused-ring (bicyclic) bond motifs is 3. The Kier molecular flexibility index (Phi) is 2.94. The number of rotatable bonds is 2. The minimum atomic E-state index is 0.600. The van der Waals surface area contributed by atoms with E-state index in [1.165, 1.54) is 0 Å². The lowest BCUT2D eigenvalue weighted by atomic mass is 10.1. The fraction of sp³-hybridized carbons (Fsp3) is 0.188. The largest absolute Gasteiger partial charge is 0.494 e. The Morgan fingerprint density at radius 1 is 1.04 bits per heavy atom. The van der Waals surface area contributed by atoms with Crippen LogP contribution in [0.2, 0.25) is 0 Å². The van der Waals surface area contributed by atoms with Crippen molar-refractivity contribution in [3.63, 3.8) is 0 Å². The second-order valence-electron chi connectivity index (χ2n) is 5.26. The molecule has 0 fully saturated rings. The highest BCUT2D eigenvalue weighted by atomic mass is 16.5. The van der Waals surface area contributed by atoms with Crippen LogP contribution in [-0.2, 0) is 0 Å². The average molecular weight is 306 g/mol. The molecule has 23 heavy (non-hydrogen) atoms. The van der Waals surface area contributed by atoms with Gasteiger partial charge in [0.2, 0.25) is 0 Å². The lowest BCUT2D eigenvalue weighted by molar-refractivity contribution is 0.418. The van der Waals surface area contributed by atoms with Crippen LogP contribution in [0, 0.1) is 13.8 Å². The van der Waals surface area contributed by atoms with Crippen LogP contribution < -0.4 is 4.74 Å². The number of ether oxygens (including phenoxy) is 1. The van der Waals surface area contributed by atoms with E-state index in [1.54, 1.807) is 31.8 Å². The van der Waals surface area contributed by atoms with Gasteiger partial charge in [0.05, 0.1) is 12.8 Å². The maximum absolute atomic E-state index is 5.36. The third-order valence-corrected chi connectivity index (χ3v) is 3.85. The molecule has 0 atom stereocenters. The number of imidazole rings is 1. The van der Waals surface area contributed by atoms with Crippen LogP contribution in [0.5, 0.6) is 5.75 Å². The van der Waals surface area contributed by atoms with Gasteiger partial charge in [-0.25, -0.2) is 9.97 Å². The minimum absolute atomic E-state index is 0.600. The van der Waals surface area contributed by atoms with Gasteiger partial charge in [-0.15, -0.1) is 10.2 Å². The second kappa shape index (κ2) is 4.98. The molecule has 0 unspecified atom stereocenters. The summed E-state index contributed by atoms with van der Waals surface area (Å²) in [4.78, 5) is 13.4. The highest BCUT2D eigenvalue weighted by Crippen LogP contribution is 2.28. The Labute approximate surface area is 132 Å². The molecule has 0 amide bonds. The van der Waals surface area contributed by atoms with E-state index in [-0.39, 0.29) is 0 Å². The maximum atomic E-state index is 5.36. The van der Waals surface area contributed by atoms with Gasteiger partial charge in [0.15, 0.2) is 22.6 Å². The van der Waals surface area contributed by atoms with Gasteiger partial charge in [-0.2, -0.15) is 0 Å². The number of methoxy groups -OCH3 is 1. The first-order valence-electron chi connectivity index (χ1n) is 7.16. The van der Waals surface area contributed by atoms with Crippen LogP contribution in [0.3, 0.4) is 0 Å². The molecular weight excluding hydrogens is 292 g/mol. The maximum Gasteiger partial charge on any atom is 0.184 e. The van der Waals surface area contributed by atoms with Crippen molar-refractivity contribution in [1.82, 2.24) is 29.5 Å². The Morgan fingerprint density at radius 2 is 1.91 bits per heavy atom. The molecule has 7 heteroatoms. The fourth-order valence-corrected chi connectivity index (χ4v) is 2.66. The molecule has 0 N–H and O–H groups in total. The topological polar surface area (TPSA) is 78.1 Å². The summed E-state index contributed by atoms with van der Waals surface area (Å²) in [5.74, 6) is 1.38. The van der Waals surface area contributed by atoms with Crippen molar-refractivity contribution < 1.29 is 4.74 Å². The zero-order chi connectivity index (χ0) is 16.0. The highest BCUT2D eigenvalue weighted by Gasteiger charge is 2.18. The molecule has 114 valence electrons. The average Bonchev–Trinajstić information content (AvgIpc) is 2.92. The number of aryl methyl sites for hydroxylation is 2. The van der Waals surface area contributed by atoms with Crippen LogP contribution >= 0.6 is 0 Å². The summed E-state index contributed by atoms with van der Waals surface area (Å²) in [7, 11) is 1.60. The molecule has 4 rings (SSSR count). The lowest BCUT2D eigenvalue weighted by Gasteiger charge is -2.07. The van der Waals surface area contributed by atoms with Crippen molar-refractivity contribution in [3.8, 4) is 17.1 Å². The molecule has 0 aliphatic heterocycles. The van der Waals surface area contributed by atoms with Crippen LogP contribution in [0.15, 0.2) is 30.7 Å². The van der Waals surface area contributed by atoms with Crippen molar-refractivity contribution in [2.24, 2.45) is 0 Å². The molecule has 4 aromatic heterocycles. The monoisotopic (exact) mass is 306 g/mol. The van der Waals surface area contributed by atoms with Gasteiger partial charge in [-0.05, 0) is 25.5 Å². The van der Waals surface area contributed by atoms with Gasteiger partial charge in [0.25, 0.3) is 0 Å². The van der Waals surface area contributed by atoms with E-state index < -0.39 is 0 Å². The summed E-state index contributed by atoms with van der Waals surface area (Å²) >= 11 is 0. The Balaban J connectivity index is 2.18. The molecule has 4 heterocycles. The smallest absolute Gasteiger partial charge is 0.184 e. The summed E-state index contributed by atoms with van der Waals surface area (Å²) in [6, 6.07) is 3.72. The van der Waals surface area contributed by atoms with Crippen molar-refractivity contribution in [3.05, 3.63) is 42.0 Å². The van der Waals surface area contributed by atoms with Crippen molar-refractivity contribution >= 4 is 16.8 Å². The number of pyridine rings is 2. The summed E-state index contributed by atoms with van der Waals surface area (Å²) in [5, 5.41) is 8.56. The summed E-state index contributed by atoms with van der Waals surface area (Å²) < 4.78 is 7.27. The van der Waals surface area contributed by atoms with E-state index in [4.69, 9.17) is 4.74 Å². The Morgan fingerprint density at radius 3 is 2.70 bits per heavy atom. The van der Waals surface area contributed by atoms with Crippen molar-refractivity contribution in [1.29, 1.82) is 0 Å². The van der Waals surface area contributed by atoms with Gasteiger partial charge in [0.1, 0.15) is 5.82 Å². The second-order valence-corrected chi connectivity index (χ2v) is 5.26. The number of hydrogen-bond donors (Lipinski definition) is 0. The highest BCUT2D eigenvalue weighted by molar-refractivity contribution is 5.82. The van der Waals surface area contributed by atoms with Crippen LogP contribution in [0.4, 0.5) is 0 Å². The summed E-state index contributed by atoms with van der Waals surface area (Å²) in [5.41, 5.74) is 4.75. The molecule has 0 aliphatic rings. The zero-order valence-electron chi connectivity index (χ0n) is 13.0. The minimum Gasteiger partial charge on any atom is -0.494 e. The van der Waals surface area contributed by atoms with Crippen molar-refractivity contribution in [2.45, 2.75) is 13.8 Å². The molecule has 7 nitrogen and oxygen atoms in total. The normalized spacial score (nSPS) is 11.3. The molecule has 0 aliphatic carbocycles. The van der Waals surface area contributed by atoms with E-state index in [0.717, 1.165) is 22.6 Å². The Hall–Kier alpha value is -3.09. The van der Waals surface area contributed by atoms with E-state index >= 15 is 0 Å². The first-order valence-corrected chi connectivity index (χ1v) is 7.16. The predicted molar refractivity (Wildman–Crippen MR) is 85.3 cm³/mol. The molecule has 0 saturated heterocycles. The van der Waals surface area contributed by atoms with E-state index in [2.05, 4.69) is 25.1 Å². The van der Waals surface area contributed by atoms with Crippen LogP contribution in [-0.4, -0.2) is 36.7 Å². The first kappa shape index (κ1) is 13.6. The van der Waals surface area contributed by atoms with Gasteiger partial charge < -0.3 is 4.74 Å². The molecule has 0 aromatic carbocycles. The SMILES string of the molecule is COc1ccnc2c1nnc1c(C)nc(-c3cnccc3C)n12. The first-order chi connectivity index (χ1) is 11.2. The van der Waals surface area contributed by atoms with Crippen molar-refractivity contribution in [2.75, 3.05) is 7.11 Å². The molecular formula is C16H14N6O. The Bertz CT molecular complexity index is 1040. The molecule has 0 saturated carbocycles. The third kappa shape index (κ3) is 1.93. The van der Waals surface area contributed by atoms with Gasteiger partial charge >= 0.3 is 0 Å². The van der Waals surface area contributed by atoms with Crippen LogP contribution in [0.1, 0.15) is 11.3 Å².